The molecule has 12 nitrogen and oxygen atoms in total. The molecule has 0 aliphatic heterocycles. The Morgan fingerprint density at radius 3 is 1.77 bits per heavy atom. The monoisotopic (exact) mass is 431 g/mol. The van der Waals surface area contributed by atoms with Gasteiger partial charge in [0.15, 0.2) is 0 Å². The number of aliphatic hydroxyl groups excluding tert-OH is 1. The molecule has 30 heavy (non-hydrogen) atoms. The Bertz CT molecular complexity index is 638. The molecule has 0 saturated heterocycles. The predicted molar refractivity (Wildman–Crippen MR) is 107 cm³/mol. The second-order valence-electron chi connectivity index (χ2n) is 7.78. The largest absolute Gasteiger partial charge is 0.480 e. The number of amides is 4. The molecule has 0 aromatic carbocycles. The van der Waals surface area contributed by atoms with Crippen molar-refractivity contribution in [1.29, 1.82) is 0 Å². The fourth-order valence-corrected chi connectivity index (χ4v) is 2.54. The van der Waals surface area contributed by atoms with Gasteiger partial charge in [-0.05, 0) is 18.3 Å². The van der Waals surface area contributed by atoms with E-state index in [9.17, 15) is 34.2 Å². The van der Waals surface area contributed by atoms with Gasteiger partial charge in [0.25, 0.3) is 0 Å². The van der Waals surface area contributed by atoms with Gasteiger partial charge in [0.1, 0.15) is 18.1 Å². The molecule has 4 unspecified atom stereocenters. The molecule has 0 bridgehead atoms. The smallest absolute Gasteiger partial charge is 0.326 e. The minimum atomic E-state index is -1.49. The fraction of sp³-hybridized carbons (Fsp3) is 0.722. The first-order chi connectivity index (χ1) is 13.8. The number of nitrogens with two attached hydrogens (primary N) is 2. The first-order valence-electron chi connectivity index (χ1n) is 9.58. The second kappa shape index (κ2) is 12.8. The van der Waals surface area contributed by atoms with Crippen LogP contribution in [0.25, 0.3) is 0 Å². The number of hydrogen-bond donors (Lipinski definition) is 7. The van der Waals surface area contributed by atoms with E-state index in [0.717, 1.165) is 0 Å². The van der Waals surface area contributed by atoms with Gasteiger partial charge in [-0.3, -0.25) is 19.2 Å². The standard InChI is InChI=1S/C18H33N5O7/c1-8(2)5-10(19)15(26)22-12(7-24)17(28)21-11(6-13(20)25)16(27)23-14(9(3)4)18(29)30/h8-12,14,24H,5-7,19H2,1-4H3,(H2,20,25)(H,21,28)(H,22,26)(H,23,27)(H,29,30). The molecule has 0 saturated carbocycles. The molecule has 0 rings (SSSR count). The van der Waals surface area contributed by atoms with E-state index in [1.807, 2.05) is 13.8 Å². The highest BCUT2D eigenvalue weighted by Gasteiger charge is 2.32. The maximum Gasteiger partial charge on any atom is 0.326 e. The third-order valence-electron chi connectivity index (χ3n) is 4.15. The van der Waals surface area contributed by atoms with E-state index in [-0.39, 0.29) is 5.92 Å². The van der Waals surface area contributed by atoms with E-state index in [1.54, 1.807) is 13.8 Å². The maximum atomic E-state index is 12.4. The molecule has 0 heterocycles. The van der Waals surface area contributed by atoms with E-state index < -0.39 is 72.7 Å². The lowest BCUT2D eigenvalue weighted by Gasteiger charge is -2.25. The number of carbonyl (C=O) groups excluding carboxylic acids is 4. The quantitative estimate of drug-likeness (QED) is 0.164. The molecule has 4 amide bonds. The third-order valence-corrected chi connectivity index (χ3v) is 4.15. The van der Waals surface area contributed by atoms with Gasteiger partial charge >= 0.3 is 5.97 Å². The van der Waals surface area contributed by atoms with Gasteiger partial charge in [-0.25, -0.2) is 4.79 Å². The number of aliphatic carboxylic acids is 1. The third kappa shape index (κ3) is 9.65. The Kier molecular flexibility index (Phi) is 11.6. The minimum absolute atomic E-state index is 0.124. The van der Waals surface area contributed by atoms with E-state index in [0.29, 0.717) is 6.42 Å². The van der Waals surface area contributed by atoms with Crippen molar-refractivity contribution in [3.05, 3.63) is 0 Å². The summed E-state index contributed by atoms with van der Waals surface area (Å²) >= 11 is 0. The molecule has 12 heteroatoms. The number of carboxylic acid groups (broad SMARTS) is 1. The van der Waals surface area contributed by atoms with Gasteiger partial charge in [0.2, 0.25) is 23.6 Å². The normalized spacial score (nSPS) is 15.1. The van der Waals surface area contributed by atoms with Crippen molar-refractivity contribution in [1.82, 2.24) is 16.0 Å². The van der Waals surface area contributed by atoms with Crippen molar-refractivity contribution in [2.24, 2.45) is 23.3 Å². The van der Waals surface area contributed by atoms with E-state index in [2.05, 4.69) is 16.0 Å². The van der Waals surface area contributed by atoms with Crippen LogP contribution >= 0.6 is 0 Å². The highest BCUT2D eigenvalue weighted by Crippen LogP contribution is 2.05. The van der Waals surface area contributed by atoms with Crippen molar-refractivity contribution < 1.29 is 34.2 Å². The summed E-state index contributed by atoms with van der Waals surface area (Å²) < 4.78 is 0. The highest BCUT2D eigenvalue weighted by atomic mass is 16.4. The Labute approximate surface area is 175 Å². The number of rotatable bonds is 13. The van der Waals surface area contributed by atoms with Crippen molar-refractivity contribution in [2.75, 3.05) is 6.61 Å². The van der Waals surface area contributed by atoms with E-state index in [4.69, 9.17) is 11.5 Å². The Hall–Kier alpha value is -2.73. The summed E-state index contributed by atoms with van der Waals surface area (Å²) in [6, 6.07) is -5.09. The number of primary amides is 1. The summed E-state index contributed by atoms with van der Waals surface area (Å²) in [5, 5.41) is 25.4. The van der Waals surface area contributed by atoms with Crippen LogP contribution in [0.3, 0.4) is 0 Å². The molecule has 0 fully saturated rings. The Morgan fingerprint density at radius 1 is 0.867 bits per heavy atom. The van der Waals surface area contributed by atoms with Gasteiger partial charge in [0, 0.05) is 0 Å². The molecule has 0 aromatic rings. The maximum absolute atomic E-state index is 12.4. The molecule has 172 valence electrons. The van der Waals surface area contributed by atoms with Gasteiger partial charge in [-0.2, -0.15) is 0 Å². The van der Waals surface area contributed by atoms with Crippen LogP contribution in [0.15, 0.2) is 0 Å². The van der Waals surface area contributed by atoms with Gasteiger partial charge < -0.3 is 37.6 Å². The van der Waals surface area contributed by atoms with Crippen LogP contribution in [-0.4, -0.2) is 70.6 Å². The van der Waals surface area contributed by atoms with Crippen molar-refractivity contribution in [2.45, 2.75) is 64.7 Å². The van der Waals surface area contributed by atoms with Crippen LogP contribution in [0.1, 0.15) is 40.5 Å². The van der Waals surface area contributed by atoms with Crippen LogP contribution in [0.2, 0.25) is 0 Å². The molecule has 4 atom stereocenters. The molecule has 0 aromatic heterocycles. The molecule has 0 radical (unpaired) electrons. The first kappa shape index (κ1) is 27.3. The molecule has 0 aliphatic rings. The average molecular weight is 431 g/mol. The van der Waals surface area contributed by atoms with E-state index in [1.165, 1.54) is 0 Å². The zero-order chi connectivity index (χ0) is 23.6. The zero-order valence-corrected chi connectivity index (χ0v) is 17.7. The lowest BCUT2D eigenvalue weighted by atomic mass is 10.0. The van der Waals surface area contributed by atoms with Crippen LogP contribution in [-0.2, 0) is 24.0 Å². The second-order valence-corrected chi connectivity index (χ2v) is 7.78. The first-order valence-corrected chi connectivity index (χ1v) is 9.58. The summed E-state index contributed by atoms with van der Waals surface area (Å²) in [7, 11) is 0. The van der Waals surface area contributed by atoms with Crippen molar-refractivity contribution >= 4 is 29.6 Å². The van der Waals surface area contributed by atoms with Gasteiger partial charge in [0.05, 0.1) is 19.1 Å². The Morgan fingerprint density at radius 2 is 1.37 bits per heavy atom. The molecule has 0 aliphatic carbocycles. The van der Waals surface area contributed by atoms with Crippen LogP contribution in [0, 0.1) is 11.8 Å². The average Bonchev–Trinajstić information content (AvgIpc) is 2.61. The fourth-order valence-electron chi connectivity index (χ4n) is 2.54. The summed E-state index contributed by atoms with van der Waals surface area (Å²) in [6.45, 7) is 6.06. The lowest BCUT2D eigenvalue weighted by molar-refractivity contribution is -0.143. The topological polar surface area (TPSA) is 214 Å². The number of aliphatic hydroxyl groups is 1. The lowest BCUT2D eigenvalue weighted by Crippen LogP contribution is -2.59. The van der Waals surface area contributed by atoms with Crippen LogP contribution in [0.4, 0.5) is 0 Å². The number of nitrogens with one attached hydrogen (secondary N) is 3. The predicted octanol–water partition coefficient (Wildman–Crippen LogP) is -2.58. The summed E-state index contributed by atoms with van der Waals surface area (Å²) in [5.74, 6) is -5.12. The molecular formula is C18H33N5O7. The van der Waals surface area contributed by atoms with Crippen LogP contribution < -0.4 is 27.4 Å². The molecule has 0 spiro atoms. The summed E-state index contributed by atoms with van der Waals surface area (Å²) in [4.78, 5) is 59.5. The van der Waals surface area contributed by atoms with Crippen molar-refractivity contribution in [3.63, 3.8) is 0 Å². The number of hydrogen-bond acceptors (Lipinski definition) is 7. The van der Waals surface area contributed by atoms with E-state index >= 15 is 0 Å². The van der Waals surface area contributed by atoms with Gasteiger partial charge in [-0.15, -0.1) is 0 Å². The zero-order valence-electron chi connectivity index (χ0n) is 17.7. The summed E-state index contributed by atoms with van der Waals surface area (Å²) in [5.41, 5.74) is 10.9. The SMILES string of the molecule is CC(C)CC(N)C(=O)NC(CO)C(=O)NC(CC(N)=O)C(=O)NC(C(=O)O)C(C)C. The summed E-state index contributed by atoms with van der Waals surface area (Å²) in [6.07, 6.45) is -0.259. The number of carboxylic acids is 1. The Balaban J connectivity index is 5.26. The van der Waals surface area contributed by atoms with Crippen molar-refractivity contribution in [3.8, 4) is 0 Å². The molecular weight excluding hydrogens is 398 g/mol. The van der Waals surface area contributed by atoms with Gasteiger partial charge in [-0.1, -0.05) is 27.7 Å². The molecule has 9 N–H and O–H groups in total. The minimum Gasteiger partial charge on any atom is -0.480 e. The van der Waals surface area contributed by atoms with Crippen LogP contribution in [0.5, 0.6) is 0 Å². The number of carbonyl (C=O) groups is 5. The highest BCUT2D eigenvalue weighted by molar-refractivity contribution is 5.96.